The topological polar surface area (TPSA) is 47.6 Å². The van der Waals surface area contributed by atoms with E-state index in [1.54, 1.807) is 0 Å². The number of likely N-dealkylation sites (tertiary alicyclic amines) is 1. The van der Waals surface area contributed by atoms with Crippen LogP contribution in [0.1, 0.15) is 63.0 Å². The number of rotatable bonds is 6. The predicted molar refractivity (Wildman–Crippen MR) is 112 cm³/mol. The molecule has 1 atom stereocenters. The van der Waals surface area contributed by atoms with E-state index in [0.717, 1.165) is 25.9 Å². The minimum Gasteiger partial charge on any atom is -0.378 e. The molecule has 1 aliphatic carbocycles. The molecule has 0 aromatic heterocycles. The fourth-order valence-corrected chi connectivity index (χ4v) is 4.36. The summed E-state index contributed by atoms with van der Waals surface area (Å²) < 4.78 is 0. The molecule has 1 saturated carbocycles. The summed E-state index contributed by atoms with van der Waals surface area (Å²) in [5.41, 5.74) is 2.50. The number of piperidine rings is 1. The molecule has 2 aliphatic rings. The highest BCUT2D eigenvalue weighted by Gasteiger charge is 2.23. The second kappa shape index (κ2) is 9.98. The van der Waals surface area contributed by atoms with Crippen LogP contribution in [0.2, 0.25) is 0 Å². The SMILES string of the molecule is CN(C)c1ccc(C(CNC(=O)NC2CCCCC2)N2CCCCC2)cc1. The first kappa shape index (κ1) is 20.0. The van der Waals surface area contributed by atoms with E-state index in [1.165, 1.54) is 49.8 Å². The zero-order chi connectivity index (χ0) is 19.1. The van der Waals surface area contributed by atoms with E-state index in [2.05, 4.69) is 58.8 Å². The molecule has 5 nitrogen and oxygen atoms in total. The van der Waals surface area contributed by atoms with Crippen molar-refractivity contribution in [2.45, 2.75) is 63.5 Å². The van der Waals surface area contributed by atoms with Crippen LogP contribution in [0.5, 0.6) is 0 Å². The second-order valence-electron chi connectivity index (χ2n) is 8.29. The Bertz CT molecular complexity index is 574. The summed E-state index contributed by atoms with van der Waals surface area (Å²) in [6.45, 7) is 2.90. The molecule has 150 valence electrons. The first-order chi connectivity index (χ1) is 13.1. The van der Waals surface area contributed by atoms with Gasteiger partial charge in [0.05, 0.1) is 6.04 Å². The molecular weight excluding hydrogens is 336 g/mol. The van der Waals surface area contributed by atoms with Gasteiger partial charge in [0.1, 0.15) is 0 Å². The first-order valence-electron chi connectivity index (χ1n) is 10.7. The van der Waals surface area contributed by atoms with Gasteiger partial charge in [0, 0.05) is 32.4 Å². The number of benzene rings is 1. The van der Waals surface area contributed by atoms with Crippen LogP contribution >= 0.6 is 0 Å². The van der Waals surface area contributed by atoms with E-state index in [1.807, 2.05) is 0 Å². The highest BCUT2D eigenvalue weighted by atomic mass is 16.2. The summed E-state index contributed by atoms with van der Waals surface area (Å²) in [4.78, 5) is 17.1. The highest BCUT2D eigenvalue weighted by Crippen LogP contribution is 2.26. The van der Waals surface area contributed by atoms with E-state index in [4.69, 9.17) is 0 Å². The summed E-state index contributed by atoms with van der Waals surface area (Å²) >= 11 is 0. The smallest absolute Gasteiger partial charge is 0.315 e. The Morgan fingerprint density at radius 1 is 1.04 bits per heavy atom. The highest BCUT2D eigenvalue weighted by molar-refractivity contribution is 5.74. The third-order valence-electron chi connectivity index (χ3n) is 6.02. The van der Waals surface area contributed by atoms with Gasteiger partial charge in [-0.05, 0) is 56.5 Å². The van der Waals surface area contributed by atoms with Gasteiger partial charge in [-0.2, -0.15) is 0 Å². The Morgan fingerprint density at radius 3 is 2.30 bits per heavy atom. The third-order valence-corrected chi connectivity index (χ3v) is 6.02. The fourth-order valence-electron chi connectivity index (χ4n) is 4.36. The molecule has 0 spiro atoms. The molecule has 1 heterocycles. The van der Waals surface area contributed by atoms with Gasteiger partial charge in [0.15, 0.2) is 0 Å². The van der Waals surface area contributed by atoms with Gasteiger partial charge >= 0.3 is 6.03 Å². The number of hydrogen-bond donors (Lipinski definition) is 2. The van der Waals surface area contributed by atoms with E-state index in [0.29, 0.717) is 12.6 Å². The minimum atomic E-state index is -0.00572. The molecule has 0 radical (unpaired) electrons. The average Bonchev–Trinajstić information content (AvgIpc) is 2.70. The van der Waals surface area contributed by atoms with Crippen LogP contribution in [0.4, 0.5) is 10.5 Å². The molecule has 0 bridgehead atoms. The van der Waals surface area contributed by atoms with E-state index < -0.39 is 0 Å². The largest absolute Gasteiger partial charge is 0.378 e. The molecule has 2 N–H and O–H groups in total. The summed E-state index contributed by atoms with van der Waals surface area (Å²) in [7, 11) is 4.13. The molecule has 1 aliphatic heterocycles. The maximum atomic E-state index is 12.4. The Balaban J connectivity index is 1.61. The van der Waals surface area contributed by atoms with Gasteiger partial charge in [0.2, 0.25) is 0 Å². The first-order valence-corrected chi connectivity index (χ1v) is 10.7. The van der Waals surface area contributed by atoms with Crippen LogP contribution in [-0.2, 0) is 0 Å². The van der Waals surface area contributed by atoms with Crippen molar-refractivity contribution in [2.24, 2.45) is 0 Å². The van der Waals surface area contributed by atoms with Crippen molar-refractivity contribution in [1.82, 2.24) is 15.5 Å². The fraction of sp³-hybridized carbons (Fsp3) is 0.682. The number of carbonyl (C=O) groups excluding carboxylic acids is 1. The van der Waals surface area contributed by atoms with Crippen molar-refractivity contribution < 1.29 is 4.79 Å². The van der Waals surface area contributed by atoms with Crippen molar-refractivity contribution >= 4 is 11.7 Å². The molecule has 2 fully saturated rings. The van der Waals surface area contributed by atoms with Crippen molar-refractivity contribution in [1.29, 1.82) is 0 Å². The van der Waals surface area contributed by atoms with Gasteiger partial charge in [0.25, 0.3) is 0 Å². The summed E-state index contributed by atoms with van der Waals surface area (Å²) in [5, 5.41) is 6.34. The number of anilines is 1. The lowest BCUT2D eigenvalue weighted by atomic mass is 9.96. The zero-order valence-corrected chi connectivity index (χ0v) is 17.0. The molecule has 3 rings (SSSR count). The maximum Gasteiger partial charge on any atom is 0.315 e. The van der Waals surface area contributed by atoms with Crippen molar-refractivity contribution in [2.75, 3.05) is 38.6 Å². The van der Waals surface area contributed by atoms with Gasteiger partial charge in [-0.15, -0.1) is 0 Å². The van der Waals surface area contributed by atoms with Crippen LogP contribution in [0.3, 0.4) is 0 Å². The minimum absolute atomic E-state index is 0.00572. The Morgan fingerprint density at radius 2 is 1.67 bits per heavy atom. The average molecular weight is 373 g/mol. The zero-order valence-electron chi connectivity index (χ0n) is 17.0. The maximum absolute atomic E-state index is 12.4. The quantitative estimate of drug-likeness (QED) is 0.796. The van der Waals surface area contributed by atoms with Crippen LogP contribution in [0.15, 0.2) is 24.3 Å². The van der Waals surface area contributed by atoms with E-state index >= 15 is 0 Å². The second-order valence-corrected chi connectivity index (χ2v) is 8.29. The Hall–Kier alpha value is -1.75. The normalized spacial score (nSPS) is 20.1. The number of carbonyl (C=O) groups is 1. The summed E-state index contributed by atoms with van der Waals surface area (Å²) in [6, 6.07) is 9.38. The van der Waals surface area contributed by atoms with Crippen LogP contribution in [0.25, 0.3) is 0 Å². The number of nitrogens with one attached hydrogen (secondary N) is 2. The Kier molecular flexibility index (Phi) is 7.39. The van der Waals surface area contributed by atoms with Crippen molar-refractivity contribution in [3.05, 3.63) is 29.8 Å². The molecule has 1 aromatic rings. The van der Waals surface area contributed by atoms with E-state index in [-0.39, 0.29) is 12.1 Å². The lowest BCUT2D eigenvalue weighted by Gasteiger charge is -2.35. The standard InChI is InChI=1S/C22H36N4O/c1-25(2)20-13-11-18(12-14-20)21(26-15-7-4-8-16-26)17-23-22(27)24-19-9-5-3-6-10-19/h11-14,19,21H,3-10,15-17H2,1-2H3,(H2,23,24,27). The molecule has 1 unspecified atom stereocenters. The number of amides is 2. The molecule has 2 amide bonds. The van der Waals surface area contributed by atoms with Gasteiger partial charge in [-0.25, -0.2) is 4.79 Å². The molecular formula is C22H36N4O. The van der Waals surface area contributed by atoms with Crippen LogP contribution in [0, 0.1) is 0 Å². The number of urea groups is 1. The van der Waals surface area contributed by atoms with Gasteiger partial charge in [-0.3, -0.25) is 4.90 Å². The number of hydrogen-bond acceptors (Lipinski definition) is 3. The summed E-state index contributed by atoms with van der Waals surface area (Å²) in [5.74, 6) is 0. The summed E-state index contributed by atoms with van der Waals surface area (Å²) in [6.07, 6.45) is 9.84. The Labute approximate surface area is 164 Å². The molecule has 5 heteroatoms. The molecule has 27 heavy (non-hydrogen) atoms. The third kappa shape index (κ3) is 5.86. The molecule has 1 saturated heterocycles. The van der Waals surface area contributed by atoms with E-state index in [9.17, 15) is 4.79 Å². The van der Waals surface area contributed by atoms with Gasteiger partial charge in [-0.1, -0.05) is 37.8 Å². The lowest BCUT2D eigenvalue weighted by molar-refractivity contribution is 0.159. The van der Waals surface area contributed by atoms with Crippen LogP contribution < -0.4 is 15.5 Å². The van der Waals surface area contributed by atoms with Crippen molar-refractivity contribution in [3.8, 4) is 0 Å². The monoisotopic (exact) mass is 372 g/mol. The number of nitrogens with zero attached hydrogens (tertiary/aromatic N) is 2. The molecule has 1 aromatic carbocycles. The lowest BCUT2D eigenvalue weighted by Crippen LogP contribution is -2.46. The van der Waals surface area contributed by atoms with Crippen LogP contribution in [-0.4, -0.2) is 50.7 Å². The van der Waals surface area contributed by atoms with Gasteiger partial charge < -0.3 is 15.5 Å². The predicted octanol–water partition coefficient (Wildman–Crippen LogP) is 3.91. The van der Waals surface area contributed by atoms with Crippen molar-refractivity contribution in [3.63, 3.8) is 0 Å².